The molecule has 1 saturated carbocycles. The SMILES string of the molecule is CCc1ccc(N2C(=O)[C@H]3[C@H](CC=C4[C@H]3C[C@H]3C(=O)N(c5ccccc5)C(=O)[C@@]3(C)[C@H]4c3cc(OC)c(O)c(Br)c3Br)C2=O)cc1. The Morgan fingerprint density at radius 2 is 1.57 bits per heavy atom. The molecule has 0 spiro atoms. The molecule has 46 heavy (non-hydrogen) atoms. The largest absolute Gasteiger partial charge is 0.503 e. The van der Waals surface area contributed by atoms with Gasteiger partial charge in [-0.15, -0.1) is 0 Å². The van der Waals surface area contributed by atoms with Crippen molar-refractivity contribution in [2.24, 2.45) is 29.1 Å². The molecule has 0 aromatic heterocycles. The molecule has 2 aliphatic heterocycles. The van der Waals surface area contributed by atoms with Crippen LogP contribution in [0, 0.1) is 29.1 Å². The fraction of sp³-hybridized carbons (Fsp3) is 0.333. The zero-order valence-electron chi connectivity index (χ0n) is 25.5. The average Bonchev–Trinajstić information content (AvgIpc) is 3.44. The van der Waals surface area contributed by atoms with Crippen LogP contribution in [0.3, 0.4) is 0 Å². The van der Waals surface area contributed by atoms with E-state index in [0.717, 1.165) is 17.6 Å². The van der Waals surface area contributed by atoms with Crippen molar-refractivity contribution in [3.05, 3.63) is 92.4 Å². The fourth-order valence-corrected chi connectivity index (χ4v) is 9.25. The van der Waals surface area contributed by atoms with E-state index in [9.17, 15) is 24.3 Å². The van der Waals surface area contributed by atoms with E-state index in [0.29, 0.717) is 32.3 Å². The number of hydrogen-bond donors (Lipinski definition) is 1. The predicted molar refractivity (Wildman–Crippen MR) is 179 cm³/mol. The molecule has 2 heterocycles. The van der Waals surface area contributed by atoms with Gasteiger partial charge in [0.25, 0.3) is 0 Å². The minimum absolute atomic E-state index is 0.106. The first-order chi connectivity index (χ1) is 22.0. The lowest BCUT2D eigenvalue weighted by Crippen LogP contribution is -2.49. The van der Waals surface area contributed by atoms with Crippen LogP contribution in [0.5, 0.6) is 11.5 Å². The number of carbonyl (C=O) groups is 4. The smallest absolute Gasteiger partial charge is 0.241 e. The number of hydrogen-bond acceptors (Lipinski definition) is 6. The number of methoxy groups -OCH3 is 1. The van der Waals surface area contributed by atoms with Crippen molar-refractivity contribution in [1.82, 2.24) is 0 Å². The van der Waals surface area contributed by atoms with Crippen LogP contribution < -0.4 is 14.5 Å². The predicted octanol–water partition coefficient (Wildman–Crippen LogP) is 6.92. The summed E-state index contributed by atoms with van der Waals surface area (Å²) in [6.45, 7) is 3.88. The molecule has 6 atom stereocenters. The van der Waals surface area contributed by atoms with E-state index in [4.69, 9.17) is 4.74 Å². The van der Waals surface area contributed by atoms with Crippen LogP contribution in [-0.2, 0) is 25.6 Å². The van der Waals surface area contributed by atoms with E-state index < -0.39 is 35.0 Å². The van der Waals surface area contributed by atoms with E-state index >= 15 is 0 Å². The summed E-state index contributed by atoms with van der Waals surface area (Å²) in [4.78, 5) is 59.8. The zero-order valence-corrected chi connectivity index (χ0v) is 28.7. The van der Waals surface area contributed by atoms with Crippen LogP contribution in [0.1, 0.15) is 43.7 Å². The van der Waals surface area contributed by atoms with Crippen molar-refractivity contribution >= 4 is 66.9 Å². The van der Waals surface area contributed by atoms with Gasteiger partial charge in [0.2, 0.25) is 23.6 Å². The Labute approximate surface area is 283 Å². The Hall–Kier alpha value is -3.76. The lowest BCUT2D eigenvalue weighted by atomic mass is 9.51. The van der Waals surface area contributed by atoms with Crippen LogP contribution in [-0.4, -0.2) is 35.8 Å². The quantitative estimate of drug-likeness (QED) is 0.225. The molecule has 0 radical (unpaired) electrons. The van der Waals surface area contributed by atoms with Gasteiger partial charge in [-0.05, 0) is 105 Å². The Bertz CT molecular complexity index is 1840. The van der Waals surface area contributed by atoms with Gasteiger partial charge in [0.1, 0.15) is 0 Å². The van der Waals surface area contributed by atoms with Gasteiger partial charge >= 0.3 is 0 Å². The van der Waals surface area contributed by atoms with Crippen LogP contribution in [0.4, 0.5) is 11.4 Å². The topological polar surface area (TPSA) is 104 Å². The number of imide groups is 2. The fourth-order valence-electron chi connectivity index (χ4n) is 8.30. The van der Waals surface area contributed by atoms with E-state index in [-0.39, 0.29) is 41.5 Å². The van der Waals surface area contributed by atoms with Crippen molar-refractivity contribution < 1.29 is 29.0 Å². The van der Waals surface area contributed by atoms with Crippen molar-refractivity contribution in [1.29, 1.82) is 0 Å². The highest BCUT2D eigenvalue weighted by molar-refractivity contribution is 9.13. The first-order valence-corrected chi connectivity index (χ1v) is 17.0. The van der Waals surface area contributed by atoms with Gasteiger partial charge in [-0.2, -0.15) is 0 Å². The Kier molecular flexibility index (Phi) is 7.51. The van der Waals surface area contributed by atoms with Crippen LogP contribution >= 0.6 is 31.9 Å². The second-order valence-electron chi connectivity index (χ2n) is 12.7. The summed E-state index contributed by atoms with van der Waals surface area (Å²) in [7, 11) is 1.45. The number of nitrogens with zero attached hydrogens (tertiary/aromatic N) is 2. The highest BCUT2D eigenvalue weighted by Gasteiger charge is 2.68. The summed E-state index contributed by atoms with van der Waals surface area (Å²) < 4.78 is 6.39. The number of para-hydroxylation sites is 1. The average molecular weight is 748 g/mol. The third kappa shape index (κ3) is 4.22. The number of benzene rings is 3. The normalized spacial score (nSPS) is 28.6. The van der Waals surface area contributed by atoms with Crippen LogP contribution in [0.2, 0.25) is 0 Å². The number of halogens is 2. The van der Waals surface area contributed by atoms with E-state index in [1.54, 1.807) is 30.3 Å². The number of amides is 4. The van der Waals surface area contributed by atoms with Crippen LogP contribution in [0.15, 0.2) is 81.3 Å². The third-order valence-electron chi connectivity index (χ3n) is 10.6. The molecule has 2 aliphatic carbocycles. The molecule has 7 rings (SSSR count). The number of ether oxygens (including phenoxy) is 1. The van der Waals surface area contributed by atoms with Gasteiger partial charge in [0.05, 0.1) is 46.1 Å². The minimum Gasteiger partial charge on any atom is -0.503 e. The molecule has 3 fully saturated rings. The van der Waals surface area contributed by atoms with E-state index in [1.807, 2.05) is 50.3 Å². The molecule has 1 N–H and O–H groups in total. The van der Waals surface area contributed by atoms with Gasteiger partial charge in [0, 0.05) is 10.4 Å². The number of allylic oxidation sites excluding steroid dienone is 2. The second-order valence-corrected chi connectivity index (χ2v) is 14.3. The molecular weight excluding hydrogens is 716 g/mol. The number of phenolic OH excluding ortho intramolecular Hbond substituents is 1. The summed E-state index contributed by atoms with van der Waals surface area (Å²) in [5.74, 6) is -4.22. The Morgan fingerprint density at radius 1 is 0.891 bits per heavy atom. The number of carbonyl (C=O) groups excluding carboxylic acids is 4. The van der Waals surface area contributed by atoms with Crippen molar-refractivity contribution in [2.75, 3.05) is 16.9 Å². The standard InChI is InChI=1S/C36H32Br2N2O6/c1-4-18-10-12-20(13-11-18)39-32(42)22-15-14-21-23(27(22)34(39)44)16-25-33(43)40(19-8-6-5-7-9-19)35(45)36(25,2)28(21)24-17-26(46-3)31(41)30(38)29(24)37/h5-14,17,22-23,25,27-28,41H,4,15-16H2,1-3H3/t22-,23+,25-,27-,28+,36+/m0/s1. The maximum Gasteiger partial charge on any atom is 0.241 e. The van der Waals surface area contributed by atoms with Crippen LogP contribution in [0.25, 0.3) is 0 Å². The number of phenols is 1. The lowest BCUT2D eigenvalue weighted by molar-refractivity contribution is -0.131. The Balaban J connectivity index is 1.40. The van der Waals surface area contributed by atoms with Gasteiger partial charge in [-0.3, -0.25) is 24.1 Å². The van der Waals surface area contributed by atoms with E-state index in [1.165, 1.54) is 16.9 Å². The monoisotopic (exact) mass is 746 g/mol. The molecule has 2 saturated heterocycles. The third-order valence-corrected chi connectivity index (χ3v) is 12.8. The number of aryl methyl sites for hydroxylation is 1. The molecule has 4 amide bonds. The second kappa shape index (κ2) is 11.2. The zero-order chi connectivity index (χ0) is 32.7. The summed E-state index contributed by atoms with van der Waals surface area (Å²) >= 11 is 7.15. The first kappa shape index (κ1) is 30.9. The molecule has 0 unspecified atom stereocenters. The van der Waals surface area contributed by atoms with E-state index in [2.05, 4.69) is 31.9 Å². The maximum atomic E-state index is 14.6. The number of fused-ring (bicyclic) bond motifs is 4. The lowest BCUT2D eigenvalue weighted by Gasteiger charge is -2.49. The summed E-state index contributed by atoms with van der Waals surface area (Å²) in [5, 5.41) is 10.8. The van der Waals surface area contributed by atoms with Gasteiger partial charge < -0.3 is 9.84 Å². The number of anilines is 2. The number of aromatic hydroxyl groups is 1. The van der Waals surface area contributed by atoms with Gasteiger partial charge in [0.15, 0.2) is 11.5 Å². The minimum atomic E-state index is -1.23. The number of rotatable bonds is 5. The molecular formula is C36H32Br2N2O6. The highest BCUT2D eigenvalue weighted by Crippen LogP contribution is 2.65. The summed E-state index contributed by atoms with van der Waals surface area (Å²) in [6, 6.07) is 18.1. The van der Waals surface area contributed by atoms with Gasteiger partial charge in [-0.25, -0.2) is 4.90 Å². The molecule has 3 aromatic carbocycles. The van der Waals surface area contributed by atoms with Crippen molar-refractivity contribution in [3.8, 4) is 11.5 Å². The summed E-state index contributed by atoms with van der Waals surface area (Å²) in [6.07, 6.45) is 3.43. The van der Waals surface area contributed by atoms with Gasteiger partial charge in [-0.1, -0.05) is 48.9 Å². The Morgan fingerprint density at radius 3 is 2.22 bits per heavy atom. The molecule has 4 aliphatic rings. The molecule has 8 nitrogen and oxygen atoms in total. The van der Waals surface area contributed by atoms with Crippen molar-refractivity contribution in [2.45, 2.75) is 39.0 Å². The maximum absolute atomic E-state index is 14.6. The molecule has 3 aromatic rings. The molecule has 236 valence electrons. The van der Waals surface area contributed by atoms with Crippen molar-refractivity contribution in [3.63, 3.8) is 0 Å². The highest BCUT2D eigenvalue weighted by atomic mass is 79.9. The first-order valence-electron chi connectivity index (χ1n) is 15.4. The summed E-state index contributed by atoms with van der Waals surface area (Å²) in [5.41, 5.74) is 2.39. The molecule has 10 heteroatoms. The molecule has 0 bridgehead atoms.